The zero-order valence-corrected chi connectivity index (χ0v) is 40.6. The SMILES string of the molecule is CC/C=C\C/C=C\C/C=C\C/C=C\C/C=C\CCCCCCCCCC(=O)OC(COCCCCCCCCCCCCCCCC)COC1OC(CO)C(O)C(OS(=O)(=O)O)C1O. The fourth-order valence-corrected chi connectivity index (χ4v) is 7.91. The van der Waals surface area contributed by atoms with Crippen molar-refractivity contribution in [3.63, 3.8) is 0 Å². The van der Waals surface area contributed by atoms with Crippen LogP contribution in [0.1, 0.15) is 194 Å². The van der Waals surface area contributed by atoms with Crippen molar-refractivity contribution < 1.29 is 56.2 Å². The van der Waals surface area contributed by atoms with Gasteiger partial charge in [-0.05, 0) is 57.8 Å². The van der Waals surface area contributed by atoms with E-state index >= 15 is 0 Å². The summed E-state index contributed by atoms with van der Waals surface area (Å²) in [7, 11) is -5.07. The van der Waals surface area contributed by atoms with Crippen LogP contribution in [0.2, 0.25) is 0 Å². The van der Waals surface area contributed by atoms with Gasteiger partial charge in [-0.1, -0.05) is 190 Å². The maximum atomic E-state index is 12.9. The zero-order chi connectivity index (χ0) is 46.8. The van der Waals surface area contributed by atoms with Crippen LogP contribution in [0, 0.1) is 0 Å². The first-order valence-corrected chi connectivity index (χ1v) is 26.4. The largest absolute Gasteiger partial charge is 0.457 e. The van der Waals surface area contributed by atoms with E-state index in [4.69, 9.17) is 18.9 Å². The number of ether oxygens (including phenoxy) is 4. The fraction of sp³-hybridized carbons (Fsp3) is 0.784. The van der Waals surface area contributed by atoms with Gasteiger partial charge in [-0.25, -0.2) is 4.18 Å². The molecule has 13 heteroatoms. The average Bonchev–Trinajstić information content (AvgIpc) is 3.27. The predicted octanol–water partition coefficient (Wildman–Crippen LogP) is 11.3. The summed E-state index contributed by atoms with van der Waals surface area (Å²) in [5.74, 6) is -0.410. The first kappa shape index (κ1) is 59.8. The predicted molar refractivity (Wildman–Crippen MR) is 257 cm³/mol. The summed E-state index contributed by atoms with van der Waals surface area (Å²) in [6.07, 6.45) is 43.9. The molecule has 1 saturated heterocycles. The minimum atomic E-state index is -5.07. The molecule has 1 heterocycles. The highest BCUT2D eigenvalue weighted by Gasteiger charge is 2.48. The van der Waals surface area contributed by atoms with Gasteiger partial charge in [-0.3, -0.25) is 9.35 Å². The molecule has 4 N–H and O–H groups in total. The van der Waals surface area contributed by atoms with E-state index in [-0.39, 0.29) is 19.6 Å². The number of rotatable bonds is 43. The maximum absolute atomic E-state index is 12.9. The van der Waals surface area contributed by atoms with Crippen LogP contribution in [0.5, 0.6) is 0 Å². The van der Waals surface area contributed by atoms with Crippen molar-refractivity contribution in [2.75, 3.05) is 26.4 Å². The van der Waals surface area contributed by atoms with Crippen LogP contribution in [0.15, 0.2) is 60.8 Å². The lowest BCUT2D eigenvalue weighted by molar-refractivity contribution is -0.301. The van der Waals surface area contributed by atoms with E-state index in [0.717, 1.165) is 83.5 Å². The lowest BCUT2D eigenvalue weighted by atomic mass is 9.99. The Balaban J connectivity index is 2.37. The molecule has 0 saturated carbocycles. The number of carbonyl (C=O) groups is 1. The first-order valence-electron chi connectivity index (χ1n) is 25.0. The molecule has 372 valence electrons. The van der Waals surface area contributed by atoms with Crippen LogP contribution >= 0.6 is 0 Å². The van der Waals surface area contributed by atoms with E-state index in [0.29, 0.717) is 13.0 Å². The van der Waals surface area contributed by atoms with E-state index in [1.165, 1.54) is 83.5 Å². The van der Waals surface area contributed by atoms with Crippen LogP contribution in [-0.2, 0) is 38.3 Å². The lowest BCUT2D eigenvalue weighted by Gasteiger charge is -2.41. The normalized spacial score (nSPS) is 20.2. The van der Waals surface area contributed by atoms with Crippen molar-refractivity contribution in [1.82, 2.24) is 0 Å². The molecule has 1 aliphatic rings. The van der Waals surface area contributed by atoms with Crippen LogP contribution in [0.4, 0.5) is 0 Å². The van der Waals surface area contributed by atoms with E-state index in [1.54, 1.807) is 0 Å². The smallest absolute Gasteiger partial charge is 0.397 e. The molecule has 6 unspecified atom stereocenters. The minimum absolute atomic E-state index is 0.0314. The Hall–Kier alpha value is -2.20. The van der Waals surface area contributed by atoms with Gasteiger partial charge in [0.2, 0.25) is 0 Å². The zero-order valence-electron chi connectivity index (χ0n) is 39.8. The third-order valence-electron chi connectivity index (χ3n) is 11.2. The van der Waals surface area contributed by atoms with Crippen molar-refractivity contribution >= 4 is 16.4 Å². The van der Waals surface area contributed by atoms with Crippen LogP contribution in [-0.4, -0.2) is 97.5 Å². The Morgan fingerprint density at radius 3 is 1.58 bits per heavy atom. The van der Waals surface area contributed by atoms with Gasteiger partial charge in [0.1, 0.15) is 30.5 Å². The number of esters is 1. The monoisotopic (exact) mass is 927 g/mol. The lowest BCUT2D eigenvalue weighted by Crippen LogP contribution is -2.60. The van der Waals surface area contributed by atoms with E-state index in [1.807, 2.05) is 0 Å². The van der Waals surface area contributed by atoms with Crippen molar-refractivity contribution in [2.45, 2.75) is 230 Å². The van der Waals surface area contributed by atoms with Gasteiger partial charge in [0.15, 0.2) is 6.29 Å². The second-order valence-corrected chi connectivity index (χ2v) is 18.1. The topological polar surface area (TPSA) is 178 Å². The molecule has 0 radical (unpaired) electrons. The number of hydrogen-bond acceptors (Lipinski definition) is 11. The van der Waals surface area contributed by atoms with Crippen LogP contribution < -0.4 is 0 Å². The van der Waals surface area contributed by atoms with Crippen LogP contribution in [0.3, 0.4) is 0 Å². The van der Waals surface area contributed by atoms with Gasteiger partial charge in [0, 0.05) is 13.0 Å². The van der Waals surface area contributed by atoms with E-state index in [2.05, 4.69) is 78.8 Å². The van der Waals surface area contributed by atoms with Gasteiger partial charge in [-0.2, -0.15) is 8.42 Å². The molecular weight excluding hydrogens is 837 g/mol. The summed E-state index contributed by atoms with van der Waals surface area (Å²) in [5.41, 5.74) is 0. The molecule has 0 aliphatic carbocycles. The average molecular weight is 927 g/mol. The third-order valence-corrected chi connectivity index (χ3v) is 11.6. The first-order chi connectivity index (χ1) is 31.1. The molecule has 64 heavy (non-hydrogen) atoms. The summed E-state index contributed by atoms with van der Waals surface area (Å²) in [5, 5.41) is 30.7. The van der Waals surface area contributed by atoms with E-state index < -0.39 is 59.8 Å². The van der Waals surface area contributed by atoms with Crippen molar-refractivity contribution in [3.8, 4) is 0 Å². The number of aliphatic hydroxyl groups excluding tert-OH is 3. The highest BCUT2D eigenvalue weighted by molar-refractivity contribution is 7.80. The Kier molecular flexibility index (Phi) is 39.4. The van der Waals surface area contributed by atoms with Crippen molar-refractivity contribution in [1.29, 1.82) is 0 Å². The summed E-state index contributed by atoms with van der Waals surface area (Å²) < 4.78 is 59.2. The standard InChI is InChI=1S/C51H90O12S/c1-3-5-7-9-11-13-15-17-19-20-21-22-23-24-25-26-27-28-30-32-34-36-38-40-47(53)61-45(43-59-41-39-37-35-33-31-29-18-16-14-12-10-8-6-4-2)44-60-51-49(55)50(63-64(56,57)58)48(54)46(42-52)62-51/h5,7,11,13,17,19,21-22,24-25,45-46,48-52,54-55H,3-4,6,8-10,12,14-16,18,20,23,26-44H2,1-2H3,(H,56,57,58)/b7-5-,13-11-,19-17-,22-21-,25-24-. The molecule has 6 atom stereocenters. The highest BCUT2D eigenvalue weighted by Crippen LogP contribution is 2.26. The van der Waals surface area contributed by atoms with Crippen molar-refractivity contribution in [2.24, 2.45) is 0 Å². The molecular formula is C51H90O12S. The second-order valence-electron chi connectivity index (χ2n) is 17.0. The molecule has 0 aromatic rings. The molecule has 0 amide bonds. The van der Waals surface area contributed by atoms with Gasteiger partial charge < -0.3 is 34.3 Å². The summed E-state index contributed by atoms with van der Waals surface area (Å²) in [4.78, 5) is 12.9. The highest BCUT2D eigenvalue weighted by atomic mass is 32.3. The Morgan fingerprint density at radius 2 is 1.08 bits per heavy atom. The minimum Gasteiger partial charge on any atom is -0.457 e. The van der Waals surface area contributed by atoms with Crippen LogP contribution in [0.25, 0.3) is 0 Å². The molecule has 1 rings (SSSR count). The molecule has 0 bridgehead atoms. The van der Waals surface area contributed by atoms with E-state index in [9.17, 15) is 33.1 Å². The third kappa shape index (κ3) is 35.1. The summed E-state index contributed by atoms with van der Waals surface area (Å²) in [6, 6.07) is 0. The number of carbonyl (C=O) groups excluding carboxylic acids is 1. The Labute approximate surface area is 388 Å². The molecule has 0 aromatic carbocycles. The summed E-state index contributed by atoms with van der Waals surface area (Å²) in [6.45, 7) is 3.87. The number of allylic oxidation sites excluding steroid dienone is 10. The quantitative estimate of drug-likeness (QED) is 0.0197. The van der Waals surface area contributed by atoms with Crippen molar-refractivity contribution in [3.05, 3.63) is 60.8 Å². The van der Waals surface area contributed by atoms with Gasteiger partial charge in [0.25, 0.3) is 0 Å². The Bertz CT molecular complexity index is 1350. The van der Waals surface area contributed by atoms with Gasteiger partial charge >= 0.3 is 16.4 Å². The van der Waals surface area contributed by atoms with Gasteiger partial charge in [0.05, 0.1) is 19.8 Å². The number of hydrogen-bond donors (Lipinski definition) is 4. The molecule has 0 aromatic heterocycles. The fourth-order valence-electron chi connectivity index (χ4n) is 7.41. The Morgan fingerprint density at radius 1 is 0.609 bits per heavy atom. The maximum Gasteiger partial charge on any atom is 0.397 e. The second kappa shape index (κ2) is 42.2. The number of unbranched alkanes of at least 4 members (excludes halogenated alkanes) is 20. The summed E-state index contributed by atoms with van der Waals surface area (Å²) >= 11 is 0. The molecule has 12 nitrogen and oxygen atoms in total. The molecule has 1 fully saturated rings. The molecule has 1 aliphatic heterocycles. The molecule has 0 spiro atoms. The van der Waals surface area contributed by atoms with Gasteiger partial charge in [-0.15, -0.1) is 0 Å². The number of aliphatic hydroxyl groups is 3.